The Morgan fingerprint density at radius 1 is 1.29 bits per heavy atom. The molecule has 150 valence electrons. The summed E-state index contributed by atoms with van der Waals surface area (Å²) in [6.07, 6.45) is 4.79. The fraction of sp³-hybridized carbons (Fsp3) is 0.474. The molecular formula is C19H25N5O3S. The lowest BCUT2D eigenvalue weighted by molar-refractivity contribution is -0.119. The van der Waals surface area contributed by atoms with Crippen LogP contribution in [-0.4, -0.2) is 38.0 Å². The molecule has 1 heterocycles. The predicted octanol–water partition coefficient (Wildman–Crippen LogP) is 2.06. The highest BCUT2D eigenvalue weighted by Crippen LogP contribution is 2.20. The molecule has 1 aromatic heterocycles. The van der Waals surface area contributed by atoms with Gasteiger partial charge in [0, 0.05) is 12.6 Å². The van der Waals surface area contributed by atoms with Gasteiger partial charge in [0.15, 0.2) is 5.16 Å². The standard InChI is InChI=1S/C19H25N5O3S/c1-13(16(25)21-17(26)20-15-9-5-6-10-15)28-19-23-22-18(27)24(19)12-11-14-7-3-2-4-8-14/h2-4,7-8,13,15H,5-6,9-12H2,1H3,(H,22,27)(H2,20,21,25,26)/t13-/m0/s1. The molecule has 0 radical (unpaired) electrons. The van der Waals surface area contributed by atoms with Crippen LogP contribution in [0.3, 0.4) is 0 Å². The molecule has 9 heteroatoms. The van der Waals surface area contributed by atoms with Gasteiger partial charge in [0.25, 0.3) is 0 Å². The minimum atomic E-state index is -0.569. The molecule has 1 saturated carbocycles. The first-order chi connectivity index (χ1) is 13.5. The van der Waals surface area contributed by atoms with Gasteiger partial charge in [-0.25, -0.2) is 14.7 Å². The number of hydrogen-bond acceptors (Lipinski definition) is 5. The molecular weight excluding hydrogens is 378 g/mol. The number of H-pyrrole nitrogens is 1. The van der Waals surface area contributed by atoms with Crippen molar-refractivity contribution in [3.8, 4) is 0 Å². The second kappa shape index (κ2) is 9.59. The normalized spacial score (nSPS) is 15.3. The average molecular weight is 404 g/mol. The number of aromatic amines is 1. The van der Waals surface area contributed by atoms with Gasteiger partial charge in [-0.3, -0.25) is 14.7 Å². The van der Waals surface area contributed by atoms with E-state index in [0.29, 0.717) is 18.1 Å². The van der Waals surface area contributed by atoms with Gasteiger partial charge in [0.1, 0.15) is 0 Å². The first kappa shape index (κ1) is 20.2. The zero-order chi connectivity index (χ0) is 19.9. The molecule has 1 aromatic carbocycles. The first-order valence-electron chi connectivity index (χ1n) is 9.50. The maximum absolute atomic E-state index is 12.3. The van der Waals surface area contributed by atoms with Crippen molar-refractivity contribution in [1.82, 2.24) is 25.4 Å². The van der Waals surface area contributed by atoms with Gasteiger partial charge in [-0.15, -0.1) is 5.10 Å². The third-order valence-corrected chi connectivity index (χ3v) is 5.86. The van der Waals surface area contributed by atoms with Crippen LogP contribution in [0.25, 0.3) is 0 Å². The van der Waals surface area contributed by atoms with Crippen LogP contribution in [0.1, 0.15) is 38.2 Å². The summed E-state index contributed by atoms with van der Waals surface area (Å²) < 4.78 is 1.51. The monoisotopic (exact) mass is 403 g/mol. The largest absolute Gasteiger partial charge is 0.343 e. The van der Waals surface area contributed by atoms with Crippen molar-refractivity contribution >= 4 is 23.7 Å². The summed E-state index contributed by atoms with van der Waals surface area (Å²) in [4.78, 5) is 36.3. The Hall–Kier alpha value is -2.55. The number of amides is 3. The smallest absolute Gasteiger partial charge is 0.335 e. The third kappa shape index (κ3) is 5.48. The minimum absolute atomic E-state index is 0.144. The molecule has 3 rings (SSSR count). The third-order valence-electron chi connectivity index (χ3n) is 4.77. The highest BCUT2D eigenvalue weighted by molar-refractivity contribution is 8.00. The molecule has 1 atom stereocenters. The summed E-state index contributed by atoms with van der Waals surface area (Å²) in [5, 5.41) is 11.5. The molecule has 0 spiro atoms. The Morgan fingerprint density at radius 2 is 2.00 bits per heavy atom. The van der Waals surface area contributed by atoms with E-state index in [-0.39, 0.29) is 11.7 Å². The van der Waals surface area contributed by atoms with Gasteiger partial charge in [0.2, 0.25) is 5.91 Å². The molecule has 1 fully saturated rings. The number of hydrogen-bond donors (Lipinski definition) is 3. The molecule has 0 bridgehead atoms. The van der Waals surface area contributed by atoms with Crippen LogP contribution in [0.5, 0.6) is 0 Å². The van der Waals surface area contributed by atoms with Crippen LogP contribution in [0.2, 0.25) is 0 Å². The summed E-state index contributed by atoms with van der Waals surface area (Å²) in [7, 11) is 0. The van der Waals surface area contributed by atoms with Gasteiger partial charge in [-0.1, -0.05) is 54.9 Å². The van der Waals surface area contributed by atoms with Crippen LogP contribution in [-0.2, 0) is 17.8 Å². The average Bonchev–Trinajstić information content (AvgIpc) is 3.31. The number of urea groups is 1. The number of imide groups is 1. The summed E-state index contributed by atoms with van der Waals surface area (Å²) in [6.45, 7) is 2.14. The summed E-state index contributed by atoms with van der Waals surface area (Å²) >= 11 is 1.15. The highest BCUT2D eigenvalue weighted by Gasteiger charge is 2.23. The quantitative estimate of drug-likeness (QED) is 0.613. The second-order valence-electron chi connectivity index (χ2n) is 6.90. The highest BCUT2D eigenvalue weighted by atomic mass is 32.2. The van der Waals surface area contributed by atoms with Crippen LogP contribution >= 0.6 is 11.8 Å². The van der Waals surface area contributed by atoms with Crippen LogP contribution in [0, 0.1) is 0 Å². The molecule has 3 N–H and O–H groups in total. The van der Waals surface area contributed by atoms with Crippen molar-refractivity contribution in [3.63, 3.8) is 0 Å². The number of nitrogens with zero attached hydrogens (tertiary/aromatic N) is 2. The molecule has 1 aliphatic carbocycles. The Morgan fingerprint density at radius 3 is 2.71 bits per heavy atom. The van der Waals surface area contributed by atoms with E-state index in [1.165, 1.54) is 4.57 Å². The topological polar surface area (TPSA) is 109 Å². The van der Waals surface area contributed by atoms with E-state index in [1.807, 2.05) is 30.3 Å². The second-order valence-corrected chi connectivity index (χ2v) is 8.21. The molecule has 2 aromatic rings. The molecule has 0 aliphatic heterocycles. The number of carbonyl (C=O) groups is 2. The van der Waals surface area contributed by atoms with Crippen LogP contribution < -0.4 is 16.3 Å². The van der Waals surface area contributed by atoms with Gasteiger partial charge < -0.3 is 5.32 Å². The summed E-state index contributed by atoms with van der Waals surface area (Å²) in [5.74, 6) is -0.412. The van der Waals surface area contributed by atoms with E-state index in [4.69, 9.17) is 0 Å². The fourth-order valence-corrected chi connectivity index (χ4v) is 4.07. The van der Waals surface area contributed by atoms with E-state index in [9.17, 15) is 14.4 Å². The summed E-state index contributed by atoms with van der Waals surface area (Å²) in [5.41, 5.74) is 0.797. The van der Waals surface area contributed by atoms with Crippen molar-refractivity contribution in [3.05, 3.63) is 46.4 Å². The number of nitrogens with one attached hydrogen (secondary N) is 3. The van der Waals surface area contributed by atoms with E-state index < -0.39 is 17.2 Å². The van der Waals surface area contributed by atoms with Crippen molar-refractivity contribution in [1.29, 1.82) is 0 Å². The molecule has 3 amide bonds. The van der Waals surface area contributed by atoms with E-state index in [1.54, 1.807) is 6.92 Å². The lowest BCUT2D eigenvalue weighted by Crippen LogP contribution is -2.46. The maximum atomic E-state index is 12.3. The Kier molecular flexibility index (Phi) is 6.91. The molecule has 0 unspecified atom stereocenters. The van der Waals surface area contributed by atoms with Crippen molar-refractivity contribution in [2.45, 2.75) is 62.0 Å². The molecule has 8 nitrogen and oxygen atoms in total. The van der Waals surface area contributed by atoms with E-state index in [0.717, 1.165) is 43.0 Å². The first-order valence-corrected chi connectivity index (χ1v) is 10.4. The Bertz CT molecular complexity index is 858. The minimum Gasteiger partial charge on any atom is -0.335 e. The molecule has 28 heavy (non-hydrogen) atoms. The predicted molar refractivity (Wildman–Crippen MR) is 107 cm³/mol. The number of carbonyl (C=O) groups excluding carboxylic acids is 2. The summed E-state index contributed by atoms with van der Waals surface area (Å²) in [6, 6.07) is 9.52. The van der Waals surface area contributed by atoms with E-state index >= 15 is 0 Å². The van der Waals surface area contributed by atoms with Crippen LogP contribution in [0.4, 0.5) is 4.79 Å². The lowest BCUT2D eigenvalue weighted by atomic mass is 10.1. The SMILES string of the molecule is C[C@H](Sc1n[nH]c(=O)n1CCc1ccccc1)C(=O)NC(=O)NC1CCCC1. The lowest BCUT2D eigenvalue weighted by Gasteiger charge is -2.14. The van der Waals surface area contributed by atoms with Crippen molar-refractivity contribution < 1.29 is 9.59 Å². The van der Waals surface area contributed by atoms with Gasteiger partial charge in [-0.2, -0.15) is 0 Å². The number of rotatable bonds is 7. The number of thioether (sulfide) groups is 1. The van der Waals surface area contributed by atoms with Crippen molar-refractivity contribution in [2.24, 2.45) is 0 Å². The number of benzene rings is 1. The maximum Gasteiger partial charge on any atom is 0.343 e. The zero-order valence-corrected chi connectivity index (χ0v) is 16.6. The van der Waals surface area contributed by atoms with Gasteiger partial charge >= 0.3 is 11.7 Å². The van der Waals surface area contributed by atoms with E-state index in [2.05, 4.69) is 20.8 Å². The Balaban J connectivity index is 1.54. The van der Waals surface area contributed by atoms with Gasteiger partial charge in [0.05, 0.1) is 5.25 Å². The Labute approximate surface area is 167 Å². The fourth-order valence-electron chi connectivity index (χ4n) is 3.19. The number of aromatic nitrogens is 3. The molecule has 0 saturated heterocycles. The number of aryl methyl sites for hydroxylation is 1. The van der Waals surface area contributed by atoms with Crippen LogP contribution in [0.15, 0.2) is 40.3 Å². The zero-order valence-electron chi connectivity index (χ0n) is 15.8. The van der Waals surface area contributed by atoms with Crippen molar-refractivity contribution in [2.75, 3.05) is 0 Å². The van der Waals surface area contributed by atoms with Gasteiger partial charge in [-0.05, 0) is 31.7 Å². The molecule has 1 aliphatic rings.